The number of rotatable bonds is 1. The number of carbonyl (C=O) groups excluding carboxylic acids is 1. The molecule has 0 aliphatic carbocycles. The van der Waals surface area contributed by atoms with Crippen LogP contribution in [0.15, 0.2) is 12.7 Å². The average molecular weight is 125 g/mol. The van der Waals surface area contributed by atoms with Gasteiger partial charge < -0.3 is 4.90 Å². The lowest BCUT2D eigenvalue weighted by molar-refractivity contribution is -0.132. The van der Waals surface area contributed by atoms with Crippen LogP contribution in [0.1, 0.15) is 13.3 Å². The second-order valence-corrected chi connectivity index (χ2v) is 2.37. The van der Waals surface area contributed by atoms with Crippen molar-refractivity contribution in [3.05, 3.63) is 12.7 Å². The summed E-state index contributed by atoms with van der Waals surface area (Å²) in [6.45, 7) is 6.36. The van der Waals surface area contributed by atoms with Gasteiger partial charge in [0.25, 0.3) is 0 Å². The Morgan fingerprint density at radius 3 is 2.67 bits per heavy atom. The monoisotopic (exact) mass is 125 g/mol. The zero-order valence-electron chi connectivity index (χ0n) is 5.63. The number of hydrogen-bond donors (Lipinski definition) is 0. The summed E-state index contributed by atoms with van der Waals surface area (Å²) in [7, 11) is 0. The number of likely N-dealkylation sites (tertiary alicyclic amines) is 1. The van der Waals surface area contributed by atoms with Crippen LogP contribution >= 0.6 is 0 Å². The maximum atomic E-state index is 10.8. The first kappa shape index (κ1) is 6.33. The molecule has 0 radical (unpaired) electrons. The quantitative estimate of drug-likeness (QED) is 0.474. The minimum atomic E-state index is 0.0637. The van der Waals surface area contributed by atoms with Crippen molar-refractivity contribution in [3.8, 4) is 0 Å². The summed E-state index contributed by atoms with van der Waals surface area (Å²) in [4.78, 5) is 12.6. The summed E-state index contributed by atoms with van der Waals surface area (Å²) >= 11 is 0. The molecule has 0 aromatic heterocycles. The van der Waals surface area contributed by atoms with E-state index >= 15 is 0 Å². The Bertz CT molecular complexity index is 142. The molecule has 2 heteroatoms. The van der Waals surface area contributed by atoms with Crippen LogP contribution in [0, 0.1) is 0 Å². The minimum absolute atomic E-state index is 0.0637. The van der Waals surface area contributed by atoms with E-state index in [9.17, 15) is 4.79 Å². The SMILES string of the molecule is C=CC(=O)N1CC[C@@H]1C. The van der Waals surface area contributed by atoms with Gasteiger partial charge in [0.05, 0.1) is 0 Å². The van der Waals surface area contributed by atoms with Gasteiger partial charge in [-0.3, -0.25) is 4.79 Å². The molecule has 50 valence electrons. The predicted molar refractivity (Wildman–Crippen MR) is 36.0 cm³/mol. The number of nitrogens with zero attached hydrogens (tertiary/aromatic N) is 1. The molecule has 2 nitrogen and oxygen atoms in total. The fourth-order valence-electron chi connectivity index (χ4n) is 0.961. The molecule has 1 aliphatic heterocycles. The standard InChI is InChI=1S/C7H11NO/c1-3-7(9)8-5-4-6(8)2/h3,6H,1,4-5H2,2H3/t6-/m0/s1. The van der Waals surface area contributed by atoms with Gasteiger partial charge in [0.2, 0.25) is 5.91 Å². The van der Waals surface area contributed by atoms with E-state index in [0.29, 0.717) is 6.04 Å². The molecular formula is C7H11NO. The van der Waals surface area contributed by atoms with E-state index in [2.05, 4.69) is 6.58 Å². The highest BCUT2D eigenvalue weighted by molar-refractivity contribution is 5.87. The third-order valence-electron chi connectivity index (χ3n) is 1.78. The predicted octanol–water partition coefficient (Wildman–Crippen LogP) is 0.793. The lowest BCUT2D eigenvalue weighted by Gasteiger charge is -2.37. The molecule has 0 N–H and O–H groups in total. The normalized spacial score (nSPS) is 25.0. The topological polar surface area (TPSA) is 20.3 Å². The lowest BCUT2D eigenvalue weighted by atomic mass is 10.1. The molecule has 1 amide bonds. The number of amides is 1. The van der Waals surface area contributed by atoms with Crippen LogP contribution in [0.4, 0.5) is 0 Å². The highest BCUT2D eigenvalue weighted by Gasteiger charge is 2.25. The first-order valence-corrected chi connectivity index (χ1v) is 3.18. The van der Waals surface area contributed by atoms with Gasteiger partial charge in [-0.15, -0.1) is 0 Å². The molecule has 0 aromatic rings. The van der Waals surface area contributed by atoms with E-state index in [-0.39, 0.29) is 5.91 Å². The smallest absolute Gasteiger partial charge is 0.246 e. The molecule has 1 rings (SSSR count). The first-order chi connectivity index (χ1) is 4.25. The van der Waals surface area contributed by atoms with Crippen LogP contribution in [0.2, 0.25) is 0 Å². The van der Waals surface area contributed by atoms with Gasteiger partial charge in [-0.05, 0) is 19.4 Å². The molecule has 0 saturated carbocycles. The van der Waals surface area contributed by atoms with E-state index in [0.717, 1.165) is 13.0 Å². The van der Waals surface area contributed by atoms with Gasteiger partial charge in [0.15, 0.2) is 0 Å². The van der Waals surface area contributed by atoms with Crippen molar-refractivity contribution >= 4 is 5.91 Å². The van der Waals surface area contributed by atoms with Gasteiger partial charge in [-0.2, -0.15) is 0 Å². The van der Waals surface area contributed by atoms with E-state index < -0.39 is 0 Å². The highest BCUT2D eigenvalue weighted by Crippen LogP contribution is 2.15. The van der Waals surface area contributed by atoms with Crippen LogP contribution in [0.5, 0.6) is 0 Å². The van der Waals surface area contributed by atoms with Crippen molar-refractivity contribution in [3.63, 3.8) is 0 Å². The Kier molecular flexibility index (Phi) is 1.56. The minimum Gasteiger partial charge on any atom is -0.336 e. The Morgan fingerprint density at radius 2 is 2.56 bits per heavy atom. The summed E-state index contributed by atoms with van der Waals surface area (Å²) in [5.41, 5.74) is 0. The van der Waals surface area contributed by atoms with Crippen molar-refractivity contribution in [2.75, 3.05) is 6.54 Å². The van der Waals surface area contributed by atoms with Crippen LogP contribution < -0.4 is 0 Å². The first-order valence-electron chi connectivity index (χ1n) is 3.18. The zero-order chi connectivity index (χ0) is 6.85. The van der Waals surface area contributed by atoms with Crippen molar-refractivity contribution in [1.82, 2.24) is 4.90 Å². The largest absolute Gasteiger partial charge is 0.336 e. The van der Waals surface area contributed by atoms with E-state index in [1.165, 1.54) is 6.08 Å². The van der Waals surface area contributed by atoms with Crippen LogP contribution in [-0.4, -0.2) is 23.4 Å². The number of carbonyl (C=O) groups is 1. The van der Waals surface area contributed by atoms with Crippen LogP contribution in [0.25, 0.3) is 0 Å². The van der Waals surface area contributed by atoms with Gasteiger partial charge in [0.1, 0.15) is 0 Å². The lowest BCUT2D eigenvalue weighted by Crippen LogP contribution is -2.48. The summed E-state index contributed by atoms with van der Waals surface area (Å²) in [6, 6.07) is 0.440. The van der Waals surface area contributed by atoms with E-state index in [1.54, 1.807) is 0 Å². The Balaban J connectivity index is 2.43. The molecule has 1 atom stereocenters. The second kappa shape index (κ2) is 2.21. The molecular weight excluding hydrogens is 114 g/mol. The molecule has 1 heterocycles. The van der Waals surface area contributed by atoms with Crippen LogP contribution in [-0.2, 0) is 4.79 Å². The number of hydrogen-bond acceptors (Lipinski definition) is 1. The molecule has 0 aromatic carbocycles. The van der Waals surface area contributed by atoms with Crippen molar-refractivity contribution in [1.29, 1.82) is 0 Å². The molecule has 0 spiro atoms. The molecule has 0 unspecified atom stereocenters. The average Bonchev–Trinajstić information content (AvgIpc) is 1.84. The van der Waals surface area contributed by atoms with E-state index in [4.69, 9.17) is 0 Å². The third kappa shape index (κ3) is 0.969. The van der Waals surface area contributed by atoms with E-state index in [1.807, 2.05) is 11.8 Å². The highest BCUT2D eigenvalue weighted by atomic mass is 16.2. The maximum Gasteiger partial charge on any atom is 0.246 e. The van der Waals surface area contributed by atoms with Gasteiger partial charge in [0, 0.05) is 12.6 Å². The molecule has 9 heavy (non-hydrogen) atoms. The maximum absolute atomic E-state index is 10.8. The Labute approximate surface area is 55.2 Å². The molecule has 1 saturated heterocycles. The Hall–Kier alpha value is -0.790. The van der Waals surface area contributed by atoms with Crippen molar-refractivity contribution < 1.29 is 4.79 Å². The summed E-state index contributed by atoms with van der Waals surface area (Å²) < 4.78 is 0. The summed E-state index contributed by atoms with van der Waals surface area (Å²) in [5, 5.41) is 0. The fourth-order valence-corrected chi connectivity index (χ4v) is 0.961. The summed E-state index contributed by atoms with van der Waals surface area (Å²) in [5.74, 6) is 0.0637. The van der Waals surface area contributed by atoms with Crippen molar-refractivity contribution in [2.45, 2.75) is 19.4 Å². The molecule has 1 aliphatic rings. The fraction of sp³-hybridized carbons (Fsp3) is 0.571. The van der Waals surface area contributed by atoms with Crippen LogP contribution in [0.3, 0.4) is 0 Å². The molecule has 1 fully saturated rings. The Morgan fingerprint density at radius 1 is 1.89 bits per heavy atom. The third-order valence-corrected chi connectivity index (χ3v) is 1.78. The zero-order valence-corrected chi connectivity index (χ0v) is 5.63. The van der Waals surface area contributed by atoms with Gasteiger partial charge >= 0.3 is 0 Å². The van der Waals surface area contributed by atoms with Gasteiger partial charge in [-0.25, -0.2) is 0 Å². The second-order valence-electron chi connectivity index (χ2n) is 2.37. The van der Waals surface area contributed by atoms with Crippen molar-refractivity contribution in [2.24, 2.45) is 0 Å². The summed E-state index contributed by atoms with van der Waals surface area (Å²) in [6.07, 6.45) is 2.51. The molecule has 0 bridgehead atoms. The van der Waals surface area contributed by atoms with Gasteiger partial charge in [-0.1, -0.05) is 6.58 Å².